The Morgan fingerprint density at radius 3 is 2.70 bits per heavy atom. The number of rotatable bonds is 3. The van der Waals surface area contributed by atoms with Gasteiger partial charge in [-0.3, -0.25) is 4.68 Å². The number of aromatic nitrogens is 2. The molecular formula is C14H12ClN3O2. The predicted octanol–water partition coefficient (Wildman–Crippen LogP) is 2.77. The molecule has 1 aromatic heterocycles. The number of nitriles is 1. The van der Waals surface area contributed by atoms with Crippen LogP contribution in [0.5, 0.6) is 0 Å². The Morgan fingerprint density at radius 2 is 2.20 bits per heavy atom. The van der Waals surface area contributed by atoms with Crippen LogP contribution in [0.25, 0.3) is 0 Å². The molecule has 0 saturated carbocycles. The van der Waals surface area contributed by atoms with Crippen LogP contribution in [-0.2, 0) is 6.54 Å². The number of aryl methyl sites for hydroxylation is 1. The van der Waals surface area contributed by atoms with Gasteiger partial charge in [0.25, 0.3) is 0 Å². The molecule has 0 aliphatic rings. The molecule has 2 rings (SSSR count). The van der Waals surface area contributed by atoms with E-state index < -0.39 is 5.97 Å². The number of hydrogen-bond acceptors (Lipinski definition) is 3. The number of nitrogens with zero attached hydrogens (tertiary/aromatic N) is 3. The van der Waals surface area contributed by atoms with Gasteiger partial charge in [-0.05, 0) is 31.5 Å². The van der Waals surface area contributed by atoms with Gasteiger partial charge in [0.15, 0.2) is 0 Å². The van der Waals surface area contributed by atoms with Crippen molar-refractivity contribution in [1.82, 2.24) is 9.78 Å². The van der Waals surface area contributed by atoms with Crippen LogP contribution in [0.2, 0.25) is 5.02 Å². The summed E-state index contributed by atoms with van der Waals surface area (Å²) in [6.07, 6.45) is 0. The van der Waals surface area contributed by atoms with Gasteiger partial charge in [-0.25, -0.2) is 4.79 Å². The van der Waals surface area contributed by atoms with Crippen molar-refractivity contribution in [2.75, 3.05) is 0 Å². The third-order valence-corrected chi connectivity index (χ3v) is 3.45. The van der Waals surface area contributed by atoms with E-state index in [9.17, 15) is 4.79 Å². The molecular weight excluding hydrogens is 278 g/mol. The Bertz CT molecular complexity index is 729. The highest BCUT2D eigenvalue weighted by Gasteiger charge is 2.18. The fourth-order valence-electron chi connectivity index (χ4n) is 2.07. The van der Waals surface area contributed by atoms with Crippen LogP contribution in [0, 0.1) is 25.2 Å². The molecule has 0 bridgehead atoms. The second kappa shape index (κ2) is 5.35. The van der Waals surface area contributed by atoms with Crippen LogP contribution in [0.4, 0.5) is 0 Å². The molecule has 20 heavy (non-hydrogen) atoms. The average molecular weight is 290 g/mol. The molecule has 0 radical (unpaired) electrons. The molecule has 0 spiro atoms. The molecule has 2 aromatic rings. The molecule has 0 aliphatic heterocycles. The van der Waals surface area contributed by atoms with E-state index in [2.05, 4.69) is 5.10 Å². The molecule has 102 valence electrons. The number of aromatic carboxylic acids is 1. The normalized spacial score (nSPS) is 10.3. The summed E-state index contributed by atoms with van der Waals surface area (Å²) >= 11 is 6.11. The van der Waals surface area contributed by atoms with Gasteiger partial charge in [0, 0.05) is 5.02 Å². The van der Waals surface area contributed by atoms with Gasteiger partial charge >= 0.3 is 5.97 Å². The number of halogens is 1. The van der Waals surface area contributed by atoms with Crippen molar-refractivity contribution in [2.45, 2.75) is 20.4 Å². The van der Waals surface area contributed by atoms with Gasteiger partial charge in [0.1, 0.15) is 5.56 Å². The monoisotopic (exact) mass is 289 g/mol. The van der Waals surface area contributed by atoms with Gasteiger partial charge < -0.3 is 5.11 Å². The zero-order chi connectivity index (χ0) is 14.9. The van der Waals surface area contributed by atoms with Gasteiger partial charge in [0.2, 0.25) is 0 Å². The van der Waals surface area contributed by atoms with Crippen molar-refractivity contribution in [3.63, 3.8) is 0 Å². The second-order valence-electron chi connectivity index (χ2n) is 4.43. The molecule has 1 aromatic carbocycles. The maximum Gasteiger partial charge on any atom is 0.339 e. The minimum Gasteiger partial charge on any atom is -0.478 e. The first-order valence-electron chi connectivity index (χ1n) is 5.90. The zero-order valence-corrected chi connectivity index (χ0v) is 11.8. The van der Waals surface area contributed by atoms with E-state index in [1.54, 1.807) is 36.7 Å². The topological polar surface area (TPSA) is 78.9 Å². The fraction of sp³-hybridized carbons (Fsp3) is 0.214. The summed E-state index contributed by atoms with van der Waals surface area (Å²) in [7, 11) is 0. The highest BCUT2D eigenvalue weighted by atomic mass is 35.5. The number of carboxylic acid groups (broad SMARTS) is 1. The van der Waals surface area contributed by atoms with Gasteiger partial charge in [-0.15, -0.1) is 0 Å². The largest absolute Gasteiger partial charge is 0.478 e. The summed E-state index contributed by atoms with van der Waals surface area (Å²) in [5, 5.41) is 22.6. The lowest BCUT2D eigenvalue weighted by Crippen LogP contribution is -2.06. The zero-order valence-electron chi connectivity index (χ0n) is 11.0. The predicted molar refractivity (Wildman–Crippen MR) is 73.9 cm³/mol. The van der Waals surface area contributed by atoms with Crippen molar-refractivity contribution in [2.24, 2.45) is 0 Å². The van der Waals surface area contributed by atoms with E-state index >= 15 is 0 Å². The minimum atomic E-state index is -0.989. The van der Waals surface area contributed by atoms with Crippen LogP contribution in [0.3, 0.4) is 0 Å². The van der Waals surface area contributed by atoms with Crippen molar-refractivity contribution >= 4 is 17.6 Å². The standard InChI is InChI=1S/C14H12ClN3O2/c1-8-13(14(19)20)9(2)18(17-8)7-11-4-3-10(6-16)5-12(11)15/h3-5H,7H2,1-2H3,(H,19,20). The Balaban J connectivity index is 2.39. The molecule has 0 fully saturated rings. The average Bonchev–Trinajstić information content (AvgIpc) is 2.66. The molecule has 0 aliphatic carbocycles. The van der Waals surface area contributed by atoms with Crippen molar-refractivity contribution in [3.05, 3.63) is 51.3 Å². The van der Waals surface area contributed by atoms with Crippen molar-refractivity contribution in [1.29, 1.82) is 5.26 Å². The Hall–Kier alpha value is -2.32. The van der Waals surface area contributed by atoms with Crippen LogP contribution in [-0.4, -0.2) is 20.9 Å². The van der Waals surface area contributed by atoms with E-state index in [0.717, 1.165) is 5.56 Å². The Labute approximate surface area is 121 Å². The SMILES string of the molecule is Cc1nn(Cc2ccc(C#N)cc2Cl)c(C)c1C(=O)O. The van der Waals surface area contributed by atoms with E-state index in [4.69, 9.17) is 22.0 Å². The fourth-order valence-corrected chi connectivity index (χ4v) is 2.31. The van der Waals surface area contributed by atoms with E-state index in [0.29, 0.717) is 28.5 Å². The summed E-state index contributed by atoms with van der Waals surface area (Å²) in [6, 6.07) is 7.02. The van der Waals surface area contributed by atoms with Crippen molar-refractivity contribution in [3.8, 4) is 6.07 Å². The summed E-state index contributed by atoms with van der Waals surface area (Å²) in [5.74, 6) is -0.989. The number of benzene rings is 1. The summed E-state index contributed by atoms with van der Waals surface area (Å²) < 4.78 is 1.60. The number of hydrogen-bond donors (Lipinski definition) is 1. The molecule has 6 heteroatoms. The van der Waals surface area contributed by atoms with Gasteiger partial charge in [-0.1, -0.05) is 17.7 Å². The molecule has 0 amide bonds. The Kier molecular flexibility index (Phi) is 3.77. The highest BCUT2D eigenvalue weighted by molar-refractivity contribution is 6.31. The Morgan fingerprint density at radius 1 is 1.50 bits per heavy atom. The van der Waals surface area contributed by atoms with Crippen LogP contribution in [0.1, 0.15) is 32.9 Å². The molecule has 5 nitrogen and oxygen atoms in total. The first-order chi connectivity index (χ1) is 9.43. The third-order valence-electron chi connectivity index (χ3n) is 3.10. The van der Waals surface area contributed by atoms with Gasteiger partial charge in [-0.2, -0.15) is 10.4 Å². The first-order valence-corrected chi connectivity index (χ1v) is 6.27. The molecule has 0 saturated heterocycles. The lowest BCUT2D eigenvalue weighted by atomic mass is 10.1. The summed E-state index contributed by atoms with van der Waals surface area (Å²) in [5.41, 5.74) is 2.54. The maximum absolute atomic E-state index is 11.1. The summed E-state index contributed by atoms with van der Waals surface area (Å²) in [4.78, 5) is 11.1. The molecule has 1 heterocycles. The van der Waals surface area contributed by atoms with Crippen LogP contribution < -0.4 is 0 Å². The first kappa shape index (κ1) is 14.1. The third kappa shape index (κ3) is 2.51. The molecule has 0 unspecified atom stereocenters. The van der Waals surface area contributed by atoms with Crippen LogP contribution in [0.15, 0.2) is 18.2 Å². The number of carbonyl (C=O) groups is 1. The minimum absolute atomic E-state index is 0.217. The molecule has 1 N–H and O–H groups in total. The lowest BCUT2D eigenvalue weighted by Gasteiger charge is -2.07. The molecule has 0 atom stereocenters. The highest BCUT2D eigenvalue weighted by Crippen LogP contribution is 2.21. The van der Waals surface area contributed by atoms with E-state index in [-0.39, 0.29) is 5.56 Å². The quantitative estimate of drug-likeness (QED) is 0.942. The van der Waals surface area contributed by atoms with Gasteiger partial charge in [0.05, 0.1) is 29.6 Å². The lowest BCUT2D eigenvalue weighted by molar-refractivity contribution is 0.0695. The van der Waals surface area contributed by atoms with Crippen LogP contribution >= 0.6 is 11.6 Å². The maximum atomic E-state index is 11.1. The smallest absolute Gasteiger partial charge is 0.339 e. The number of carboxylic acids is 1. The van der Waals surface area contributed by atoms with E-state index in [1.165, 1.54) is 0 Å². The second-order valence-corrected chi connectivity index (χ2v) is 4.83. The summed E-state index contributed by atoms with van der Waals surface area (Å²) in [6.45, 7) is 3.73. The van der Waals surface area contributed by atoms with E-state index in [1.807, 2.05) is 6.07 Å². The van der Waals surface area contributed by atoms with Crippen molar-refractivity contribution < 1.29 is 9.90 Å².